The summed E-state index contributed by atoms with van der Waals surface area (Å²) in [5.41, 5.74) is 2.20. The lowest BCUT2D eigenvalue weighted by Crippen LogP contribution is -2.39. The number of furan rings is 1. The van der Waals surface area contributed by atoms with Crippen LogP contribution in [-0.4, -0.2) is 36.3 Å². The van der Waals surface area contributed by atoms with Gasteiger partial charge in [-0.1, -0.05) is 0 Å². The Morgan fingerprint density at radius 2 is 2.30 bits per heavy atom. The summed E-state index contributed by atoms with van der Waals surface area (Å²) in [7, 11) is 0. The second kappa shape index (κ2) is 9.15. The molecule has 2 aromatic rings. The maximum atomic E-state index is 12.3. The van der Waals surface area contributed by atoms with Crippen molar-refractivity contribution in [2.75, 3.05) is 18.5 Å². The highest BCUT2D eigenvalue weighted by Crippen LogP contribution is 2.38. The molecular weight excluding hydrogens is 406 g/mol. The van der Waals surface area contributed by atoms with Crippen molar-refractivity contribution >= 4 is 34.4 Å². The topological polar surface area (TPSA) is 105 Å². The highest BCUT2D eigenvalue weighted by Gasteiger charge is 2.30. The van der Waals surface area contributed by atoms with Crippen LogP contribution >= 0.6 is 11.3 Å². The standard InChI is InChI=1S/C21H21N3O5S/c22-12-17-16-5-4-15(29-21(26)24-8-1-2-9-28-24)11-18(16)30-20(17)23-19(25)6-3-14-7-10-27-13-14/h3,6-7,10,13,15H,1-2,4-5,8-9,11H2,(H,23,25)/b6-3+. The molecule has 0 radical (unpaired) electrons. The van der Waals surface area contributed by atoms with Crippen LogP contribution in [0.5, 0.6) is 0 Å². The van der Waals surface area contributed by atoms with Crippen molar-refractivity contribution in [1.82, 2.24) is 5.06 Å². The molecule has 0 saturated carbocycles. The summed E-state index contributed by atoms with van der Waals surface area (Å²) < 4.78 is 10.6. The second-order valence-corrected chi connectivity index (χ2v) is 8.20. The molecule has 30 heavy (non-hydrogen) atoms. The third-order valence-corrected chi connectivity index (χ3v) is 6.18. The van der Waals surface area contributed by atoms with Gasteiger partial charge >= 0.3 is 6.09 Å². The van der Waals surface area contributed by atoms with E-state index in [1.165, 1.54) is 35.0 Å². The first kappa shape index (κ1) is 20.2. The molecule has 4 rings (SSSR count). The Kier molecular flexibility index (Phi) is 6.16. The maximum absolute atomic E-state index is 12.3. The van der Waals surface area contributed by atoms with E-state index < -0.39 is 6.09 Å². The number of carbonyl (C=O) groups excluding carboxylic acids is 2. The maximum Gasteiger partial charge on any atom is 0.434 e. The van der Waals surface area contributed by atoms with Gasteiger partial charge in [-0.3, -0.25) is 9.63 Å². The van der Waals surface area contributed by atoms with Crippen molar-refractivity contribution in [1.29, 1.82) is 5.26 Å². The van der Waals surface area contributed by atoms with Gasteiger partial charge in [-0.25, -0.2) is 4.79 Å². The molecule has 156 valence electrons. The summed E-state index contributed by atoms with van der Waals surface area (Å²) in [4.78, 5) is 30.8. The molecule has 1 unspecified atom stereocenters. The number of amides is 2. The van der Waals surface area contributed by atoms with Crippen LogP contribution in [0.3, 0.4) is 0 Å². The summed E-state index contributed by atoms with van der Waals surface area (Å²) in [5, 5.41) is 14.2. The SMILES string of the molecule is N#Cc1c(NC(=O)/C=C/c2ccoc2)sc2c1CCC(OC(=O)N1CCCCO1)C2. The Hall–Kier alpha value is -3.09. The van der Waals surface area contributed by atoms with Gasteiger partial charge in [-0.15, -0.1) is 11.3 Å². The molecule has 1 aliphatic heterocycles. The fraction of sp³-hybridized carbons (Fsp3) is 0.381. The van der Waals surface area contributed by atoms with E-state index in [9.17, 15) is 14.9 Å². The number of carbonyl (C=O) groups is 2. The average Bonchev–Trinajstić information content (AvgIpc) is 3.39. The first-order chi connectivity index (χ1) is 14.6. The zero-order valence-corrected chi connectivity index (χ0v) is 17.1. The van der Waals surface area contributed by atoms with Crippen LogP contribution in [0.1, 0.15) is 40.8 Å². The molecule has 3 heterocycles. The Bertz CT molecular complexity index is 983. The van der Waals surface area contributed by atoms with Gasteiger partial charge in [-0.2, -0.15) is 10.3 Å². The smallest absolute Gasteiger partial charge is 0.434 e. The van der Waals surface area contributed by atoms with Crippen LogP contribution in [0.15, 0.2) is 29.1 Å². The molecular formula is C21H21N3O5S. The summed E-state index contributed by atoms with van der Waals surface area (Å²) in [6.07, 6.45) is 8.97. The quantitative estimate of drug-likeness (QED) is 0.743. The van der Waals surface area contributed by atoms with Crippen molar-refractivity contribution in [3.8, 4) is 6.07 Å². The number of hydrogen-bond acceptors (Lipinski definition) is 7. The number of nitrogens with zero attached hydrogens (tertiary/aromatic N) is 2. The molecule has 1 saturated heterocycles. The number of anilines is 1. The first-order valence-corrected chi connectivity index (χ1v) is 10.6. The van der Waals surface area contributed by atoms with Gasteiger partial charge in [0, 0.05) is 22.9 Å². The molecule has 9 heteroatoms. The molecule has 2 aromatic heterocycles. The number of rotatable bonds is 4. The van der Waals surface area contributed by atoms with Crippen molar-refractivity contribution in [2.24, 2.45) is 0 Å². The number of hydrogen-bond donors (Lipinski definition) is 1. The van der Waals surface area contributed by atoms with Gasteiger partial charge in [0.1, 0.15) is 17.2 Å². The highest BCUT2D eigenvalue weighted by molar-refractivity contribution is 7.16. The fourth-order valence-corrected chi connectivity index (χ4v) is 4.77. The van der Waals surface area contributed by atoms with E-state index in [0.29, 0.717) is 43.0 Å². The van der Waals surface area contributed by atoms with E-state index in [0.717, 1.165) is 28.8 Å². The van der Waals surface area contributed by atoms with Gasteiger partial charge in [0.15, 0.2) is 0 Å². The average molecular weight is 427 g/mol. The van der Waals surface area contributed by atoms with Crippen molar-refractivity contribution in [3.63, 3.8) is 0 Å². The first-order valence-electron chi connectivity index (χ1n) is 9.81. The summed E-state index contributed by atoms with van der Waals surface area (Å²) in [5.74, 6) is -0.323. The molecule has 0 spiro atoms. The van der Waals surface area contributed by atoms with Gasteiger partial charge in [0.2, 0.25) is 5.91 Å². The number of hydroxylamine groups is 2. The zero-order chi connectivity index (χ0) is 20.9. The van der Waals surface area contributed by atoms with E-state index in [4.69, 9.17) is 14.0 Å². The van der Waals surface area contributed by atoms with Crippen molar-refractivity contribution < 1.29 is 23.6 Å². The van der Waals surface area contributed by atoms with E-state index in [1.807, 2.05) is 0 Å². The summed E-state index contributed by atoms with van der Waals surface area (Å²) in [6, 6.07) is 3.95. The van der Waals surface area contributed by atoms with Gasteiger partial charge in [0.25, 0.3) is 0 Å². The number of fused-ring (bicyclic) bond motifs is 1. The van der Waals surface area contributed by atoms with E-state index in [-0.39, 0.29) is 12.0 Å². The Morgan fingerprint density at radius 3 is 3.03 bits per heavy atom. The molecule has 2 amide bonds. The predicted octanol–water partition coefficient (Wildman–Crippen LogP) is 3.89. The molecule has 1 aliphatic carbocycles. The molecule has 8 nitrogen and oxygen atoms in total. The van der Waals surface area contributed by atoms with Crippen LogP contribution < -0.4 is 5.32 Å². The largest absolute Gasteiger partial charge is 0.472 e. The van der Waals surface area contributed by atoms with E-state index in [2.05, 4.69) is 11.4 Å². The lowest BCUT2D eigenvalue weighted by atomic mass is 9.94. The predicted molar refractivity (Wildman–Crippen MR) is 110 cm³/mol. The Labute approximate surface area is 177 Å². The third kappa shape index (κ3) is 4.56. The normalized spacial score (nSPS) is 18.6. The zero-order valence-electron chi connectivity index (χ0n) is 16.3. The van der Waals surface area contributed by atoms with Crippen molar-refractivity contribution in [3.05, 3.63) is 46.2 Å². The Morgan fingerprint density at radius 1 is 1.40 bits per heavy atom. The van der Waals surface area contributed by atoms with E-state index in [1.54, 1.807) is 12.1 Å². The summed E-state index contributed by atoms with van der Waals surface area (Å²) >= 11 is 1.36. The minimum Gasteiger partial charge on any atom is -0.472 e. The number of thiophene rings is 1. The molecule has 2 aliphatic rings. The minimum absolute atomic E-state index is 0.273. The van der Waals surface area contributed by atoms with Crippen molar-refractivity contribution in [2.45, 2.75) is 38.2 Å². The molecule has 0 aromatic carbocycles. The van der Waals surface area contributed by atoms with Crippen LogP contribution in [0.4, 0.5) is 9.80 Å². The van der Waals surface area contributed by atoms with Gasteiger partial charge in [-0.05, 0) is 43.4 Å². The minimum atomic E-state index is -0.460. The number of nitriles is 1. The Balaban J connectivity index is 1.41. The lowest BCUT2D eigenvalue weighted by molar-refractivity contribution is -0.161. The molecule has 0 bridgehead atoms. The number of ether oxygens (including phenoxy) is 1. The second-order valence-electron chi connectivity index (χ2n) is 7.09. The fourth-order valence-electron chi connectivity index (χ4n) is 3.50. The van der Waals surface area contributed by atoms with Crippen LogP contribution in [0.2, 0.25) is 0 Å². The van der Waals surface area contributed by atoms with E-state index >= 15 is 0 Å². The lowest BCUT2D eigenvalue weighted by Gasteiger charge is -2.28. The molecule has 1 N–H and O–H groups in total. The van der Waals surface area contributed by atoms with Gasteiger partial charge in [0.05, 0.1) is 31.2 Å². The molecule has 1 atom stereocenters. The molecule has 1 fully saturated rings. The monoisotopic (exact) mass is 427 g/mol. The van der Waals surface area contributed by atoms with Crippen LogP contribution in [0.25, 0.3) is 6.08 Å². The summed E-state index contributed by atoms with van der Waals surface area (Å²) in [6.45, 7) is 1.06. The number of nitrogens with one attached hydrogen (secondary N) is 1. The van der Waals surface area contributed by atoms with Crippen LogP contribution in [-0.2, 0) is 27.2 Å². The van der Waals surface area contributed by atoms with Crippen LogP contribution in [0, 0.1) is 11.3 Å². The van der Waals surface area contributed by atoms with Gasteiger partial charge < -0.3 is 14.5 Å². The highest BCUT2D eigenvalue weighted by atomic mass is 32.1. The third-order valence-electron chi connectivity index (χ3n) is 5.01.